The van der Waals surface area contributed by atoms with Gasteiger partial charge in [0.15, 0.2) is 0 Å². The second kappa shape index (κ2) is 3.27. The van der Waals surface area contributed by atoms with Crippen molar-refractivity contribution in [3.63, 3.8) is 0 Å². The Hall–Kier alpha value is -0.970. The molecule has 0 aliphatic carbocycles. The Bertz CT molecular complexity index is 500. The Balaban J connectivity index is 2.24. The van der Waals surface area contributed by atoms with Crippen LogP contribution in [0.1, 0.15) is 0 Å². The zero-order valence-electron chi connectivity index (χ0n) is 7.60. The third kappa shape index (κ3) is 1.45. The number of hydrogen-bond donors (Lipinski definition) is 0. The second-order valence-electron chi connectivity index (χ2n) is 3.34. The van der Waals surface area contributed by atoms with Gasteiger partial charge in [0, 0.05) is 23.3 Å². The lowest BCUT2D eigenvalue weighted by molar-refractivity contribution is -0.590. The van der Waals surface area contributed by atoms with Crippen molar-refractivity contribution in [3.8, 4) is 11.1 Å². The third-order valence-corrected chi connectivity index (χ3v) is 5.30. The van der Waals surface area contributed by atoms with E-state index in [1.54, 1.807) is 24.3 Å². The Labute approximate surface area is 96.2 Å². The SMILES string of the molecule is Fc1ccc2c(c1)[I+]c1cc(F)ccc1-2. The van der Waals surface area contributed by atoms with Gasteiger partial charge in [0.25, 0.3) is 0 Å². The largest absolute Gasteiger partial charge is 0.359 e. The van der Waals surface area contributed by atoms with Gasteiger partial charge in [-0.15, -0.1) is 0 Å². The molecular weight excluding hydrogens is 309 g/mol. The molecule has 2 aromatic carbocycles. The van der Waals surface area contributed by atoms with E-state index in [-0.39, 0.29) is 11.6 Å². The molecule has 0 unspecified atom stereocenters. The van der Waals surface area contributed by atoms with Crippen LogP contribution in [-0.2, 0) is 0 Å². The monoisotopic (exact) mass is 315 g/mol. The summed E-state index contributed by atoms with van der Waals surface area (Å²) in [5, 5.41) is 0. The van der Waals surface area contributed by atoms with Crippen LogP contribution >= 0.6 is 0 Å². The van der Waals surface area contributed by atoms with E-state index in [1.165, 1.54) is 12.1 Å². The van der Waals surface area contributed by atoms with Crippen molar-refractivity contribution in [2.75, 3.05) is 0 Å². The number of benzene rings is 2. The molecule has 2 aromatic rings. The number of halogens is 3. The smallest absolute Gasteiger partial charge is 0.207 e. The Morgan fingerprint density at radius 1 is 0.733 bits per heavy atom. The van der Waals surface area contributed by atoms with Crippen LogP contribution in [0.2, 0.25) is 0 Å². The van der Waals surface area contributed by atoms with Gasteiger partial charge in [0.1, 0.15) is 11.6 Å². The van der Waals surface area contributed by atoms with Gasteiger partial charge in [-0.2, -0.15) is 0 Å². The first-order valence-corrected chi connectivity index (χ1v) is 6.64. The minimum Gasteiger partial charge on any atom is -0.207 e. The van der Waals surface area contributed by atoms with Crippen LogP contribution in [-0.4, -0.2) is 0 Å². The van der Waals surface area contributed by atoms with E-state index in [0.717, 1.165) is 18.3 Å². The summed E-state index contributed by atoms with van der Waals surface area (Å²) < 4.78 is 28.1. The summed E-state index contributed by atoms with van der Waals surface area (Å²) in [5.74, 6) is -0.413. The van der Waals surface area contributed by atoms with Crippen LogP contribution in [0.15, 0.2) is 36.4 Å². The summed E-state index contributed by atoms with van der Waals surface area (Å²) in [7, 11) is 0. The standard InChI is InChI=1S/C12H6F2I/c13-7-1-3-9-10-4-2-8(14)6-12(10)15-11(9)5-7/h1-6H/q+1. The van der Waals surface area contributed by atoms with Crippen LogP contribution in [0, 0.1) is 18.8 Å². The zero-order valence-corrected chi connectivity index (χ0v) is 9.76. The third-order valence-electron chi connectivity index (χ3n) is 2.36. The molecule has 15 heavy (non-hydrogen) atoms. The van der Waals surface area contributed by atoms with E-state index in [1.807, 2.05) is 0 Å². The van der Waals surface area contributed by atoms with E-state index < -0.39 is 21.2 Å². The van der Waals surface area contributed by atoms with Crippen LogP contribution in [0.25, 0.3) is 11.1 Å². The first kappa shape index (κ1) is 9.27. The summed E-state index contributed by atoms with van der Waals surface area (Å²) >= 11 is -0.411. The maximum atomic E-state index is 13.0. The van der Waals surface area contributed by atoms with E-state index in [2.05, 4.69) is 0 Å². The number of hydrogen-bond acceptors (Lipinski definition) is 0. The van der Waals surface area contributed by atoms with Crippen LogP contribution < -0.4 is 21.2 Å². The maximum Gasteiger partial charge on any atom is 0.359 e. The molecule has 0 fully saturated rings. The molecule has 0 aromatic heterocycles. The molecule has 0 amide bonds. The molecule has 0 N–H and O–H groups in total. The maximum absolute atomic E-state index is 13.0. The quantitative estimate of drug-likeness (QED) is 0.515. The predicted octanol–water partition coefficient (Wildman–Crippen LogP) is 0.0736. The highest BCUT2D eigenvalue weighted by molar-refractivity contribution is 5.64. The van der Waals surface area contributed by atoms with Gasteiger partial charge in [-0.1, -0.05) is 0 Å². The molecule has 74 valence electrons. The normalized spacial score (nSPS) is 12.4. The lowest BCUT2D eigenvalue weighted by atomic mass is 10.1. The van der Waals surface area contributed by atoms with E-state index >= 15 is 0 Å². The average Bonchev–Trinajstić information content (AvgIpc) is 2.53. The molecular formula is C12H6F2I+. The molecule has 0 nitrogen and oxygen atoms in total. The fourth-order valence-corrected chi connectivity index (χ4v) is 4.74. The molecule has 1 heterocycles. The summed E-state index contributed by atoms with van der Waals surface area (Å²) in [6.07, 6.45) is 0. The topological polar surface area (TPSA) is 0 Å². The highest BCUT2D eigenvalue weighted by atomic mass is 127. The lowest BCUT2D eigenvalue weighted by Crippen LogP contribution is -3.61. The highest BCUT2D eigenvalue weighted by Crippen LogP contribution is 2.23. The molecule has 0 radical (unpaired) electrons. The lowest BCUT2D eigenvalue weighted by Gasteiger charge is -1.94. The van der Waals surface area contributed by atoms with Crippen molar-refractivity contribution in [1.29, 1.82) is 0 Å². The average molecular weight is 315 g/mol. The first-order valence-electron chi connectivity index (χ1n) is 4.48. The van der Waals surface area contributed by atoms with Gasteiger partial charge in [-0.05, 0) is 24.3 Å². The van der Waals surface area contributed by atoms with Crippen molar-refractivity contribution >= 4 is 0 Å². The molecule has 0 saturated heterocycles. The van der Waals surface area contributed by atoms with Crippen molar-refractivity contribution in [2.24, 2.45) is 0 Å². The van der Waals surface area contributed by atoms with Crippen LogP contribution in [0.4, 0.5) is 8.78 Å². The molecule has 1 aliphatic heterocycles. The molecule has 3 heteroatoms. The number of rotatable bonds is 0. The molecule has 1 aliphatic rings. The van der Waals surface area contributed by atoms with Gasteiger partial charge >= 0.3 is 21.2 Å². The van der Waals surface area contributed by atoms with E-state index in [0.29, 0.717) is 0 Å². The highest BCUT2D eigenvalue weighted by Gasteiger charge is 2.33. The Morgan fingerprint density at radius 2 is 1.20 bits per heavy atom. The van der Waals surface area contributed by atoms with Gasteiger partial charge < -0.3 is 0 Å². The fourth-order valence-electron chi connectivity index (χ4n) is 1.68. The fraction of sp³-hybridized carbons (Fsp3) is 0. The Kier molecular flexibility index (Phi) is 2.02. The van der Waals surface area contributed by atoms with E-state index in [9.17, 15) is 8.78 Å². The van der Waals surface area contributed by atoms with Crippen LogP contribution in [0.3, 0.4) is 0 Å². The van der Waals surface area contributed by atoms with Crippen molar-refractivity contribution < 1.29 is 30.0 Å². The van der Waals surface area contributed by atoms with Gasteiger partial charge in [0.2, 0.25) is 7.14 Å². The first-order chi connectivity index (χ1) is 7.24. The summed E-state index contributed by atoms with van der Waals surface area (Å²) in [5.41, 5.74) is 2.14. The summed E-state index contributed by atoms with van der Waals surface area (Å²) in [6, 6.07) is 9.63. The van der Waals surface area contributed by atoms with Gasteiger partial charge in [-0.25, -0.2) is 8.78 Å². The predicted molar refractivity (Wildman–Crippen MR) is 49.2 cm³/mol. The number of fused-ring (bicyclic) bond motifs is 3. The van der Waals surface area contributed by atoms with Crippen molar-refractivity contribution in [1.82, 2.24) is 0 Å². The molecule has 0 bridgehead atoms. The Morgan fingerprint density at radius 3 is 1.67 bits per heavy atom. The summed E-state index contributed by atoms with van der Waals surface area (Å²) in [4.78, 5) is 0. The summed E-state index contributed by atoms with van der Waals surface area (Å²) in [6.45, 7) is 0. The van der Waals surface area contributed by atoms with Gasteiger partial charge in [-0.3, -0.25) is 0 Å². The second-order valence-corrected chi connectivity index (χ2v) is 6.21. The van der Waals surface area contributed by atoms with E-state index in [4.69, 9.17) is 0 Å². The van der Waals surface area contributed by atoms with Crippen molar-refractivity contribution in [2.45, 2.75) is 0 Å². The van der Waals surface area contributed by atoms with Gasteiger partial charge in [0.05, 0.1) is 0 Å². The molecule has 0 spiro atoms. The molecule has 3 rings (SSSR count). The van der Waals surface area contributed by atoms with Crippen LogP contribution in [0.5, 0.6) is 0 Å². The molecule has 0 saturated carbocycles. The minimum absolute atomic E-state index is 0.207. The molecule has 0 atom stereocenters. The zero-order chi connectivity index (χ0) is 10.4. The van der Waals surface area contributed by atoms with Crippen molar-refractivity contribution in [3.05, 3.63) is 55.2 Å². The minimum atomic E-state index is -0.411.